The number of pyridine rings is 2. The summed E-state index contributed by atoms with van der Waals surface area (Å²) >= 11 is 0. The zero-order chi connectivity index (χ0) is 25.9. The smallest absolute Gasteiger partial charge is 0.321 e. The second kappa shape index (κ2) is 11.0. The van der Waals surface area contributed by atoms with Crippen LogP contribution in [0.1, 0.15) is 38.7 Å². The van der Waals surface area contributed by atoms with Crippen molar-refractivity contribution in [1.82, 2.24) is 34.8 Å². The number of hydrogen-bond donors (Lipinski definition) is 3. The van der Waals surface area contributed by atoms with E-state index in [4.69, 9.17) is 0 Å². The number of nitrogens with one attached hydrogen (secondary N) is 3. The fourth-order valence-corrected chi connectivity index (χ4v) is 4.40. The number of urea groups is 1. The lowest BCUT2D eigenvalue weighted by Crippen LogP contribution is -2.28. The van der Waals surface area contributed by atoms with E-state index in [1.807, 2.05) is 57.2 Å². The fraction of sp³-hybridized carbons (Fsp3) is 0.214. The first-order valence-corrected chi connectivity index (χ1v) is 11.9. The zero-order valence-electron chi connectivity index (χ0n) is 20.7. The van der Waals surface area contributed by atoms with Crippen LogP contribution in [-0.2, 0) is 0 Å². The van der Waals surface area contributed by atoms with Gasteiger partial charge in [-0.3, -0.25) is 15.1 Å². The van der Waals surface area contributed by atoms with Gasteiger partial charge in [0.15, 0.2) is 5.82 Å². The van der Waals surface area contributed by atoms with Gasteiger partial charge in [-0.25, -0.2) is 19.7 Å². The highest BCUT2D eigenvalue weighted by molar-refractivity contribution is 5.97. The van der Waals surface area contributed by atoms with Gasteiger partial charge in [0.1, 0.15) is 5.52 Å². The number of anilines is 1. The molecule has 0 bridgehead atoms. The number of hydrogen-bond acceptors (Lipinski definition) is 6. The minimum atomic E-state index is -0.361. The predicted octanol–water partition coefficient (Wildman–Crippen LogP) is 4.94. The van der Waals surface area contributed by atoms with Crippen LogP contribution in [0.4, 0.5) is 10.7 Å². The van der Waals surface area contributed by atoms with Crippen LogP contribution in [0.15, 0.2) is 71.9 Å². The number of aromatic amines is 1. The number of H-pyrrole nitrogens is 1. The van der Waals surface area contributed by atoms with Gasteiger partial charge in [0.25, 0.3) is 5.56 Å². The molecule has 10 heteroatoms. The molecule has 2 amide bonds. The number of nitrogens with zero attached hydrogens (tertiary/aromatic N) is 5. The van der Waals surface area contributed by atoms with Crippen LogP contribution in [-0.4, -0.2) is 42.1 Å². The highest BCUT2D eigenvalue weighted by atomic mass is 16.2. The maximum atomic E-state index is 13.3. The van der Waals surface area contributed by atoms with Crippen LogP contribution in [0.5, 0.6) is 0 Å². The Morgan fingerprint density at radius 3 is 2.45 bits per heavy atom. The lowest BCUT2D eigenvalue weighted by molar-refractivity contribution is 0.252. The highest BCUT2D eigenvalue weighted by Gasteiger charge is 2.18. The van der Waals surface area contributed by atoms with Crippen molar-refractivity contribution in [3.8, 4) is 22.5 Å². The monoisotopic (exact) mass is 510 g/mol. The van der Waals surface area contributed by atoms with Crippen molar-refractivity contribution < 1.29 is 4.79 Å². The number of rotatable bonds is 6. The lowest BCUT2D eigenvalue weighted by atomic mass is 10.0. The lowest BCUT2D eigenvalue weighted by Gasteiger charge is -2.18. The van der Waals surface area contributed by atoms with Crippen molar-refractivity contribution in [3.63, 3.8) is 0 Å². The maximum Gasteiger partial charge on any atom is 0.321 e. The average Bonchev–Trinajstić information content (AvgIpc) is 3.31. The SMILES string of the molecule is C.CCNC(=O)Nc1nc2c(-c3ncccn3)cc(-c3cc(C)n([C@H](C)c4ccccn4)c(=O)c3)cc2[nH]1. The van der Waals surface area contributed by atoms with Gasteiger partial charge in [-0.1, -0.05) is 13.5 Å². The Hall–Kier alpha value is -4.86. The van der Waals surface area contributed by atoms with Gasteiger partial charge in [0.05, 0.1) is 17.3 Å². The molecule has 3 N–H and O–H groups in total. The summed E-state index contributed by atoms with van der Waals surface area (Å²) < 4.78 is 1.73. The van der Waals surface area contributed by atoms with Gasteiger partial charge >= 0.3 is 6.03 Å². The number of aryl methyl sites for hydroxylation is 1. The molecule has 0 saturated heterocycles. The minimum Gasteiger partial charge on any atom is -0.338 e. The molecule has 10 nitrogen and oxygen atoms in total. The van der Waals surface area contributed by atoms with E-state index in [9.17, 15) is 9.59 Å². The second-order valence-corrected chi connectivity index (χ2v) is 8.59. The summed E-state index contributed by atoms with van der Waals surface area (Å²) in [6.07, 6.45) is 5.04. The predicted molar refractivity (Wildman–Crippen MR) is 149 cm³/mol. The first-order valence-electron chi connectivity index (χ1n) is 11.9. The normalized spacial score (nSPS) is 11.6. The van der Waals surface area contributed by atoms with Gasteiger partial charge in [-0.2, -0.15) is 0 Å². The molecule has 4 heterocycles. The molecule has 4 aromatic heterocycles. The first kappa shape index (κ1) is 26.2. The average molecular weight is 511 g/mol. The number of benzene rings is 1. The van der Waals surface area contributed by atoms with E-state index < -0.39 is 0 Å². The number of amides is 2. The van der Waals surface area contributed by atoms with Crippen molar-refractivity contribution in [1.29, 1.82) is 0 Å². The molecule has 0 saturated carbocycles. The molecule has 0 aliphatic carbocycles. The molecule has 0 unspecified atom stereocenters. The van der Waals surface area contributed by atoms with Crippen molar-refractivity contribution in [2.24, 2.45) is 0 Å². The number of aromatic nitrogens is 6. The zero-order valence-corrected chi connectivity index (χ0v) is 20.7. The van der Waals surface area contributed by atoms with E-state index in [1.165, 1.54) is 0 Å². The second-order valence-electron chi connectivity index (χ2n) is 8.59. The third-order valence-electron chi connectivity index (χ3n) is 6.06. The molecular formula is C28H30N8O2. The van der Waals surface area contributed by atoms with E-state index in [-0.39, 0.29) is 25.1 Å². The summed E-state index contributed by atoms with van der Waals surface area (Å²) in [5.74, 6) is 0.783. The Kier molecular flexibility index (Phi) is 7.61. The van der Waals surface area contributed by atoms with Crippen LogP contribution in [0, 0.1) is 6.92 Å². The van der Waals surface area contributed by atoms with Crippen molar-refractivity contribution in [2.45, 2.75) is 34.2 Å². The summed E-state index contributed by atoms with van der Waals surface area (Å²) in [6.45, 7) is 6.20. The van der Waals surface area contributed by atoms with Gasteiger partial charge in [-0.05, 0) is 68.3 Å². The third kappa shape index (κ3) is 5.15. The quantitative estimate of drug-likeness (QED) is 0.297. The van der Waals surface area contributed by atoms with E-state index in [0.29, 0.717) is 34.9 Å². The summed E-state index contributed by atoms with van der Waals surface area (Å²) in [7, 11) is 0. The molecule has 5 aromatic rings. The van der Waals surface area contributed by atoms with E-state index >= 15 is 0 Å². The first-order chi connectivity index (χ1) is 17.9. The number of fused-ring (bicyclic) bond motifs is 1. The highest BCUT2D eigenvalue weighted by Crippen LogP contribution is 2.32. The van der Waals surface area contributed by atoms with Gasteiger partial charge in [-0.15, -0.1) is 0 Å². The van der Waals surface area contributed by atoms with Crippen molar-refractivity contribution >= 4 is 23.0 Å². The van der Waals surface area contributed by atoms with Gasteiger partial charge in [0.2, 0.25) is 5.95 Å². The molecule has 38 heavy (non-hydrogen) atoms. The molecule has 0 aliphatic heterocycles. The number of carbonyl (C=O) groups excluding carboxylic acids is 1. The van der Waals surface area contributed by atoms with Crippen LogP contribution in [0.2, 0.25) is 0 Å². The van der Waals surface area contributed by atoms with Crippen molar-refractivity contribution in [2.75, 3.05) is 11.9 Å². The topological polar surface area (TPSA) is 130 Å². The van der Waals surface area contributed by atoms with Gasteiger partial charge < -0.3 is 14.9 Å². The maximum absolute atomic E-state index is 13.3. The Bertz CT molecular complexity index is 1630. The largest absolute Gasteiger partial charge is 0.338 e. The Labute approximate surface area is 220 Å². The summed E-state index contributed by atoms with van der Waals surface area (Å²) in [5.41, 5.74) is 4.99. The molecule has 194 valence electrons. The van der Waals surface area contributed by atoms with Crippen LogP contribution in [0.3, 0.4) is 0 Å². The molecule has 0 aliphatic rings. The van der Waals surface area contributed by atoms with E-state index in [1.54, 1.807) is 35.3 Å². The van der Waals surface area contributed by atoms with Crippen molar-refractivity contribution in [3.05, 3.63) is 88.9 Å². The van der Waals surface area contributed by atoms with Gasteiger partial charge in [0, 0.05) is 42.5 Å². The molecule has 0 fully saturated rings. The van der Waals surface area contributed by atoms with E-state index in [0.717, 1.165) is 22.5 Å². The molecule has 1 aromatic carbocycles. The Morgan fingerprint density at radius 2 is 1.76 bits per heavy atom. The van der Waals surface area contributed by atoms with Crippen LogP contribution >= 0.6 is 0 Å². The standard InChI is InChI=1S/C27H26N8O2.CH4/c1-4-28-27(37)34-26-32-22-14-19(13-20(24(22)33-26)25-30-10-7-11-31-25)18-12-16(2)35(23(36)15-18)17(3)21-8-5-6-9-29-21;/h5-15,17H,4H2,1-3H3,(H3,28,32,33,34,37);1H4/t17-;/m1./s1. The summed E-state index contributed by atoms with van der Waals surface area (Å²) in [5, 5.41) is 5.39. The molecule has 1 atom stereocenters. The van der Waals surface area contributed by atoms with Crippen LogP contribution in [0.25, 0.3) is 33.5 Å². The fourth-order valence-electron chi connectivity index (χ4n) is 4.40. The van der Waals surface area contributed by atoms with Crippen LogP contribution < -0.4 is 16.2 Å². The molecule has 0 radical (unpaired) electrons. The third-order valence-corrected chi connectivity index (χ3v) is 6.06. The summed E-state index contributed by atoms with van der Waals surface area (Å²) in [6, 6.07) is 14.2. The summed E-state index contributed by atoms with van der Waals surface area (Å²) in [4.78, 5) is 46.3. The Balaban J connectivity index is 0.00000336. The number of carbonyl (C=O) groups is 1. The minimum absolute atomic E-state index is 0. The molecular weight excluding hydrogens is 480 g/mol. The number of imidazole rings is 1. The Morgan fingerprint density at radius 1 is 1.03 bits per heavy atom. The van der Waals surface area contributed by atoms with E-state index in [2.05, 4.69) is 35.6 Å². The molecule has 5 rings (SSSR count). The molecule has 0 spiro atoms.